The summed E-state index contributed by atoms with van der Waals surface area (Å²) in [7, 11) is 0. The van der Waals surface area contributed by atoms with Gasteiger partial charge in [0.1, 0.15) is 39.7 Å². The van der Waals surface area contributed by atoms with Gasteiger partial charge in [0, 0.05) is 23.5 Å². The maximum atomic E-state index is 9.21. The number of pyridine rings is 2. The minimum absolute atomic E-state index is 0.183. The number of phenolic OH excluding ortho intramolecular Hbond substituents is 1. The van der Waals surface area contributed by atoms with Gasteiger partial charge in [0.2, 0.25) is 0 Å². The van der Waals surface area contributed by atoms with Crippen LogP contribution in [0.25, 0.3) is 22.3 Å². The van der Waals surface area contributed by atoms with Crippen molar-refractivity contribution in [1.82, 2.24) is 9.97 Å². The van der Waals surface area contributed by atoms with E-state index < -0.39 is 0 Å². The minimum atomic E-state index is 0.183. The lowest BCUT2D eigenvalue weighted by Crippen LogP contribution is -1.89. The fourth-order valence-corrected chi connectivity index (χ4v) is 3.94. The van der Waals surface area contributed by atoms with Crippen molar-refractivity contribution < 1.29 is 9.84 Å². The number of hydrogen-bond acceptors (Lipinski definition) is 6. The molecule has 5 rings (SSSR count). The van der Waals surface area contributed by atoms with E-state index in [1.54, 1.807) is 48.8 Å². The van der Waals surface area contributed by atoms with Crippen molar-refractivity contribution in [1.29, 1.82) is 10.5 Å². The summed E-state index contributed by atoms with van der Waals surface area (Å²) < 4.78 is 5.75. The van der Waals surface area contributed by atoms with E-state index >= 15 is 0 Å². The summed E-state index contributed by atoms with van der Waals surface area (Å²) >= 11 is 11.8. The molecule has 0 saturated carbocycles. The molecule has 8 heteroatoms. The molecule has 2 heterocycles. The number of halogens is 2. The highest BCUT2D eigenvalue weighted by Crippen LogP contribution is 2.30. The molecule has 1 N–H and O–H groups in total. The molecular weight excluding hydrogens is 519 g/mol. The average Bonchev–Trinajstić information content (AvgIpc) is 2.94. The third-order valence-electron chi connectivity index (χ3n) is 5.36. The van der Waals surface area contributed by atoms with Crippen molar-refractivity contribution in [2.75, 3.05) is 0 Å². The molecule has 184 valence electrons. The summed E-state index contributed by atoms with van der Waals surface area (Å²) in [4.78, 5) is 7.77. The predicted octanol–water partition coefficient (Wildman–Crippen LogP) is 8.05. The monoisotopic (exact) mass is 536 g/mol. The standard InChI is InChI=1S/C18H11ClN2O.C12H7ClN2O/c19-18-17(12-20)16(10-11-21-18)13-6-8-15(9-7-13)22-14-4-2-1-3-5-14;13-12-11(7-14)10(5-6-15-12)8-1-3-9(16)4-2-8/h1-11H;1-6,16H. The second kappa shape index (κ2) is 12.4. The molecule has 0 spiro atoms. The molecule has 0 atom stereocenters. The van der Waals surface area contributed by atoms with E-state index in [0.717, 1.165) is 28.2 Å². The molecule has 6 nitrogen and oxygen atoms in total. The fraction of sp³-hybridized carbons (Fsp3) is 0. The van der Waals surface area contributed by atoms with Gasteiger partial charge in [0.05, 0.1) is 11.1 Å². The van der Waals surface area contributed by atoms with Gasteiger partial charge in [-0.2, -0.15) is 10.5 Å². The normalized spacial score (nSPS) is 9.89. The van der Waals surface area contributed by atoms with E-state index in [2.05, 4.69) is 16.0 Å². The number of ether oxygens (including phenoxy) is 1. The highest BCUT2D eigenvalue weighted by molar-refractivity contribution is 6.31. The fourth-order valence-electron chi connectivity index (χ4n) is 3.53. The summed E-state index contributed by atoms with van der Waals surface area (Å²) in [5, 5.41) is 27.8. The molecule has 0 fully saturated rings. The van der Waals surface area contributed by atoms with Gasteiger partial charge >= 0.3 is 0 Å². The zero-order valence-electron chi connectivity index (χ0n) is 19.7. The molecule has 2 aromatic heterocycles. The van der Waals surface area contributed by atoms with Crippen LogP contribution in [0.2, 0.25) is 10.3 Å². The minimum Gasteiger partial charge on any atom is -0.508 e. The van der Waals surface area contributed by atoms with E-state index in [-0.39, 0.29) is 16.1 Å². The van der Waals surface area contributed by atoms with Crippen LogP contribution in [0.15, 0.2) is 103 Å². The lowest BCUT2D eigenvalue weighted by molar-refractivity contribution is 0.475. The lowest BCUT2D eigenvalue weighted by Gasteiger charge is -2.08. The first-order valence-corrected chi connectivity index (χ1v) is 12.0. The first-order chi connectivity index (χ1) is 18.5. The summed E-state index contributed by atoms with van der Waals surface area (Å²) in [5.74, 6) is 1.69. The Hall–Kier alpha value is -4.88. The van der Waals surface area contributed by atoms with Gasteiger partial charge in [0.25, 0.3) is 0 Å². The van der Waals surface area contributed by atoms with Crippen LogP contribution >= 0.6 is 23.2 Å². The second-order valence-corrected chi connectivity index (χ2v) is 8.47. The molecule has 3 aromatic carbocycles. The van der Waals surface area contributed by atoms with Gasteiger partial charge in [-0.05, 0) is 59.7 Å². The van der Waals surface area contributed by atoms with Gasteiger partial charge in [0.15, 0.2) is 0 Å². The van der Waals surface area contributed by atoms with Crippen LogP contribution in [0.4, 0.5) is 0 Å². The van der Waals surface area contributed by atoms with Crippen LogP contribution in [-0.4, -0.2) is 15.1 Å². The molecule has 0 radical (unpaired) electrons. The van der Waals surface area contributed by atoms with Crippen molar-refractivity contribution in [2.24, 2.45) is 0 Å². The number of phenols is 1. The second-order valence-electron chi connectivity index (χ2n) is 7.76. The van der Waals surface area contributed by atoms with Crippen LogP contribution in [0.3, 0.4) is 0 Å². The summed E-state index contributed by atoms with van der Waals surface area (Å²) in [6, 6.07) is 31.2. The number of para-hydroxylation sites is 1. The van der Waals surface area contributed by atoms with Crippen molar-refractivity contribution in [3.05, 3.63) is 125 Å². The van der Waals surface area contributed by atoms with Gasteiger partial charge in [-0.15, -0.1) is 0 Å². The molecule has 0 aliphatic heterocycles. The van der Waals surface area contributed by atoms with Crippen LogP contribution < -0.4 is 4.74 Å². The van der Waals surface area contributed by atoms with E-state index in [0.29, 0.717) is 16.7 Å². The molecule has 0 aliphatic carbocycles. The Bertz CT molecular complexity index is 1630. The molecule has 5 aromatic rings. The number of benzene rings is 3. The highest BCUT2D eigenvalue weighted by atomic mass is 35.5. The molecular formula is C30H18Cl2N4O2. The molecule has 0 bridgehead atoms. The highest BCUT2D eigenvalue weighted by Gasteiger charge is 2.10. The number of hydrogen-bond donors (Lipinski definition) is 1. The largest absolute Gasteiger partial charge is 0.508 e. The Morgan fingerprint density at radius 3 is 1.53 bits per heavy atom. The van der Waals surface area contributed by atoms with E-state index in [4.69, 9.17) is 33.2 Å². The molecule has 38 heavy (non-hydrogen) atoms. The van der Waals surface area contributed by atoms with Gasteiger partial charge in [-0.1, -0.05) is 65.7 Å². The summed E-state index contributed by atoms with van der Waals surface area (Å²) in [6.45, 7) is 0. The first kappa shape index (κ1) is 26.2. The Morgan fingerprint density at radius 1 is 0.605 bits per heavy atom. The smallest absolute Gasteiger partial charge is 0.147 e. The van der Waals surface area contributed by atoms with Crippen molar-refractivity contribution in [2.45, 2.75) is 0 Å². The average molecular weight is 537 g/mol. The van der Waals surface area contributed by atoms with Gasteiger partial charge < -0.3 is 9.84 Å². The SMILES string of the molecule is N#Cc1c(-c2ccc(O)cc2)ccnc1Cl.N#Cc1c(-c2ccc(Oc3ccccc3)cc2)ccnc1Cl. The van der Waals surface area contributed by atoms with Crippen molar-refractivity contribution in [3.63, 3.8) is 0 Å². The zero-order valence-corrected chi connectivity index (χ0v) is 21.2. The van der Waals surface area contributed by atoms with E-state index in [1.807, 2.05) is 60.7 Å². The lowest BCUT2D eigenvalue weighted by atomic mass is 10.0. The molecule has 0 unspecified atom stereocenters. The van der Waals surface area contributed by atoms with Crippen molar-refractivity contribution in [3.8, 4) is 51.6 Å². The Labute approximate surface area is 229 Å². The summed E-state index contributed by atoms with van der Waals surface area (Å²) in [5.41, 5.74) is 3.90. The van der Waals surface area contributed by atoms with Gasteiger partial charge in [-0.25, -0.2) is 9.97 Å². The number of aromatic hydroxyl groups is 1. The zero-order chi connectivity index (χ0) is 26.9. The number of rotatable bonds is 4. The van der Waals surface area contributed by atoms with E-state index in [1.165, 1.54) is 0 Å². The number of nitriles is 2. The molecule has 0 saturated heterocycles. The first-order valence-electron chi connectivity index (χ1n) is 11.2. The summed E-state index contributed by atoms with van der Waals surface area (Å²) in [6.07, 6.45) is 3.14. The van der Waals surface area contributed by atoms with Crippen LogP contribution in [-0.2, 0) is 0 Å². The third kappa shape index (κ3) is 6.27. The quantitative estimate of drug-likeness (QED) is 0.233. The van der Waals surface area contributed by atoms with Crippen LogP contribution in [0, 0.1) is 22.7 Å². The Balaban J connectivity index is 0.000000186. The molecule has 0 aliphatic rings. The van der Waals surface area contributed by atoms with Gasteiger partial charge in [-0.3, -0.25) is 0 Å². The topological polar surface area (TPSA) is 103 Å². The number of aromatic nitrogens is 2. The van der Waals surface area contributed by atoms with Crippen LogP contribution in [0.5, 0.6) is 17.2 Å². The number of nitrogens with zero attached hydrogens (tertiary/aromatic N) is 4. The molecule has 0 amide bonds. The third-order valence-corrected chi connectivity index (χ3v) is 5.93. The maximum Gasteiger partial charge on any atom is 0.147 e. The van der Waals surface area contributed by atoms with Crippen LogP contribution in [0.1, 0.15) is 11.1 Å². The predicted molar refractivity (Wildman–Crippen MR) is 147 cm³/mol. The Morgan fingerprint density at radius 2 is 1.05 bits per heavy atom. The van der Waals surface area contributed by atoms with Crippen molar-refractivity contribution >= 4 is 23.2 Å². The maximum absolute atomic E-state index is 9.21. The van der Waals surface area contributed by atoms with E-state index in [9.17, 15) is 10.4 Å². The Kier molecular flexibility index (Phi) is 8.53.